The monoisotopic (exact) mass is 552 g/mol. The summed E-state index contributed by atoms with van der Waals surface area (Å²) in [4.78, 5) is 31.6. The first-order valence-corrected chi connectivity index (χ1v) is 11.3. The molecule has 8 heteroatoms. The number of carbonyl (C=O) groups is 2. The molecule has 1 saturated carbocycles. The highest BCUT2D eigenvalue weighted by molar-refractivity contribution is 14.0. The van der Waals surface area contributed by atoms with Crippen LogP contribution in [0.1, 0.15) is 25.3 Å². The van der Waals surface area contributed by atoms with Crippen LogP contribution < -0.4 is 15.4 Å². The van der Waals surface area contributed by atoms with Crippen LogP contribution in [0.3, 0.4) is 0 Å². The molecule has 0 spiro atoms. The lowest BCUT2D eigenvalue weighted by Gasteiger charge is -2.17. The minimum Gasteiger partial charge on any atom is -0.496 e. The third kappa shape index (κ3) is 4.94. The van der Waals surface area contributed by atoms with Gasteiger partial charge in [0.2, 0.25) is 11.8 Å². The summed E-state index contributed by atoms with van der Waals surface area (Å²) in [6, 6.07) is 8.00. The molecular formula is C24H33IN4O3. The summed E-state index contributed by atoms with van der Waals surface area (Å²) in [6.45, 7) is 4.53. The molecule has 2 fully saturated rings. The third-order valence-electron chi connectivity index (χ3n) is 6.59. The van der Waals surface area contributed by atoms with Crippen LogP contribution in [0.15, 0.2) is 41.4 Å². The fourth-order valence-corrected chi connectivity index (χ4v) is 5.17. The number of allylic oxidation sites excluding steroid dienone is 2. The Bertz CT molecular complexity index is 858. The smallest absolute Gasteiger partial charge is 0.233 e. The Balaban J connectivity index is 0.00000289. The Kier molecular flexibility index (Phi) is 8.56. The molecule has 1 aromatic rings. The zero-order valence-corrected chi connectivity index (χ0v) is 21.1. The molecule has 0 aromatic heterocycles. The molecule has 174 valence electrons. The minimum absolute atomic E-state index is 0. The van der Waals surface area contributed by atoms with Crippen LogP contribution in [0, 0.1) is 23.7 Å². The molecule has 2 amide bonds. The standard InChI is InChI=1S/C24H32N4O3.HI/c1-3-25-24(27-13-11-16-7-4-5-8-19(16)31-2)26-12-6-14-28-22(29)20-17-9-10-18(15-17)21(20)23(28)30;/h4-5,7-10,17-18,20-21H,3,6,11-15H2,1-2H3,(H2,25,26,27);1H. The molecule has 7 nitrogen and oxygen atoms in total. The van der Waals surface area contributed by atoms with Gasteiger partial charge in [-0.05, 0) is 49.7 Å². The van der Waals surface area contributed by atoms with Gasteiger partial charge < -0.3 is 15.4 Å². The van der Waals surface area contributed by atoms with Crippen molar-refractivity contribution in [3.05, 3.63) is 42.0 Å². The van der Waals surface area contributed by atoms with Crippen molar-refractivity contribution in [1.82, 2.24) is 15.5 Å². The molecule has 2 aliphatic carbocycles. The quantitative estimate of drug-likeness (QED) is 0.123. The average molecular weight is 552 g/mol. The second-order valence-electron chi connectivity index (χ2n) is 8.43. The highest BCUT2D eigenvalue weighted by atomic mass is 127. The first-order valence-electron chi connectivity index (χ1n) is 11.3. The van der Waals surface area contributed by atoms with Crippen LogP contribution in [-0.4, -0.2) is 56.0 Å². The zero-order valence-electron chi connectivity index (χ0n) is 18.8. The number of nitrogens with zero attached hydrogens (tertiary/aromatic N) is 2. The number of hydrogen-bond donors (Lipinski definition) is 2. The van der Waals surface area contributed by atoms with Crippen LogP contribution in [0.4, 0.5) is 0 Å². The normalized spacial score (nSPS) is 25.7. The number of nitrogens with one attached hydrogen (secondary N) is 2. The molecule has 3 aliphatic rings. The Labute approximate surface area is 207 Å². The summed E-state index contributed by atoms with van der Waals surface area (Å²) in [6.07, 6.45) is 6.72. The number of likely N-dealkylation sites (tertiary alicyclic amines) is 1. The predicted molar refractivity (Wildman–Crippen MR) is 135 cm³/mol. The summed E-state index contributed by atoms with van der Waals surface area (Å²) in [7, 11) is 1.68. The van der Waals surface area contributed by atoms with Crippen molar-refractivity contribution in [3.8, 4) is 5.75 Å². The number of imide groups is 1. The topological polar surface area (TPSA) is 83.0 Å². The number of fused-ring (bicyclic) bond motifs is 5. The summed E-state index contributed by atoms with van der Waals surface area (Å²) < 4.78 is 5.40. The fourth-order valence-electron chi connectivity index (χ4n) is 5.17. The lowest BCUT2D eigenvalue weighted by Crippen LogP contribution is -2.38. The van der Waals surface area contributed by atoms with E-state index in [1.165, 1.54) is 4.90 Å². The van der Waals surface area contributed by atoms with Gasteiger partial charge in [-0.15, -0.1) is 24.0 Å². The number of para-hydroxylation sites is 1. The maximum absolute atomic E-state index is 12.7. The van der Waals surface area contributed by atoms with E-state index in [-0.39, 0.29) is 59.5 Å². The average Bonchev–Trinajstić information content (AvgIpc) is 3.46. The maximum atomic E-state index is 12.7. The van der Waals surface area contributed by atoms with Gasteiger partial charge in [-0.1, -0.05) is 30.4 Å². The van der Waals surface area contributed by atoms with E-state index in [0.29, 0.717) is 19.5 Å². The number of aliphatic imine (C=N–C) groups is 1. The molecule has 4 unspecified atom stereocenters. The number of hydrogen-bond acceptors (Lipinski definition) is 4. The minimum atomic E-state index is -0.111. The SMILES string of the molecule is CCNC(=NCCCN1C(=O)C2C3C=CC(C3)C2C1=O)NCCc1ccccc1OC.I. The zero-order chi connectivity index (χ0) is 21.8. The van der Waals surface area contributed by atoms with Crippen molar-refractivity contribution in [2.75, 3.05) is 33.3 Å². The number of ether oxygens (including phenoxy) is 1. The molecule has 1 saturated heterocycles. The van der Waals surface area contributed by atoms with Crippen molar-refractivity contribution in [3.63, 3.8) is 0 Å². The van der Waals surface area contributed by atoms with Gasteiger partial charge in [-0.25, -0.2) is 0 Å². The maximum Gasteiger partial charge on any atom is 0.233 e. The molecule has 32 heavy (non-hydrogen) atoms. The van der Waals surface area contributed by atoms with Gasteiger partial charge in [0.25, 0.3) is 0 Å². The van der Waals surface area contributed by atoms with Crippen LogP contribution >= 0.6 is 24.0 Å². The van der Waals surface area contributed by atoms with Crippen molar-refractivity contribution < 1.29 is 14.3 Å². The van der Waals surface area contributed by atoms with Crippen molar-refractivity contribution in [1.29, 1.82) is 0 Å². The number of halogens is 1. The highest BCUT2D eigenvalue weighted by Gasteiger charge is 2.58. The van der Waals surface area contributed by atoms with Crippen LogP contribution in [0.5, 0.6) is 5.75 Å². The lowest BCUT2D eigenvalue weighted by atomic mass is 9.85. The molecule has 1 aliphatic heterocycles. The molecule has 4 rings (SSSR count). The van der Waals surface area contributed by atoms with Gasteiger partial charge in [0.05, 0.1) is 18.9 Å². The van der Waals surface area contributed by atoms with Crippen molar-refractivity contribution in [2.24, 2.45) is 28.7 Å². The van der Waals surface area contributed by atoms with E-state index in [1.54, 1.807) is 7.11 Å². The molecule has 1 heterocycles. The second-order valence-corrected chi connectivity index (χ2v) is 8.43. The van der Waals surface area contributed by atoms with E-state index >= 15 is 0 Å². The van der Waals surface area contributed by atoms with Gasteiger partial charge >= 0.3 is 0 Å². The van der Waals surface area contributed by atoms with E-state index < -0.39 is 0 Å². The first-order chi connectivity index (χ1) is 15.1. The number of rotatable bonds is 9. The van der Waals surface area contributed by atoms with Gasteiger partial charge in [-0.2, -0.15) is 0 Å². The van der Waals surface area contributed by atoms with Crippen molar-refractivity contribution >= 4 is 41.8 Å². The summed E-state index contributed by atoms with van der Waals surface area (Å²) in [5.41, 5.74) is 1.15. The van der Waals surface area contributed by atoms with Crippen LogP contribution in [-0.2, 0) is 16.0 Å². The van der Waals surface area contributed by atoms with E-state index in [4.69, 9.17) is 4.74 Å². The number of amides is 2. The third-order valence-corrected chi connectivity index (χ3v) is 6.59. The van der Waals surface area contributed by atoms with Gasteiger partial charge in [0, 0.05) is 26.2 Å². The highest BCUT2D eigenvalue weighted by Crippen LogP contribution is 2.52. The number of guanidine groups is 1. The van der Waals surface area contributed by atoms with E-state index in [9.17, 15) is 9.59 Å². The predicted octanol–water partition coefficient (Wildman–Crippen LogP) is 2.61. The molecule has 2 bridgehead atoms. The summed E-state index contributed by atoms with van der Waals surface area (Å²) in [5, 5.41) is 6.59. The lowest BCUT2D eigenvalue weighted by molar-refractivity contribution is -0.140. The molecule has 4 atom stereocenters. The van der Waals surface area contributed by atoms with E-state index in [2.05, 4.69) is 33.8 Å². The second kappa shape index (κ2) is 11.2. The fraction of sp³-hybridized carbons (Fsp3) is 0.542. The summed E-state index contributed by atoms with van der Waals surface area (Å²) in [5.74, 6) is 2.00. The Morgan fingerprint density at radius 1 is 1.12 bits per heavy atom. The van der Waals surface area contributed by atoms with Crippen molar-refractivity contribution in [2.45, 2.75) is 26.2 Å². The first kappa shape index (κ1) is 24.5. The van der Waals surface area contributed by atoms with Gasteiger partial charge in [0.15, 0.2) is 5.96 Å². The molecule has 2 N–H and O–H groups in total. The molecule has 1 aromatic carbocycles. The number of methoxy groups -OCH3 is 1. The van der Waals surface area contributed by atoms with E-state index in [1.807, 2.05) is 25.1 Å². The van der Waals surface area contributed by atoms with E-state index in [0.717, 1.165) is 43.2 Å². The number of carbonyl (C=O) groups excluding carboxylic acids is 2. The van der Waals surface area contributed by atoms with Crippen LogP contribution in [0.25, 0.3) is 0 Å². The van der Waals surface area contributed by atoms with Gasteiger partial charge in [0.1, 0.15) is 5.75 Å². The number of benzene rings is 1. The van der Waals surface area contributed by atoms with Crippen LogP contribution in [0.2, 0.25) is 0 Å². The molecular weight excluding hydrogens is 519 g/mol. The Hall–Kier alpha value is -2.10. The van der Waals surface area contributed by atoms with Gasteiger partial charge in [-0.3, -0.25) is 19.5 Å². The largest absolute Gasteiger partial charge is 0.496 e. The Morgan fingerprint density at radius 2 is 1.81 bits per heavy atom. The Morgan fingerprint density at radius 3 is 2.47 bits per heavy atom. The summed E-state index contributed by atoms with van der Waals surface area (Å²) >= 11 is 0. The molecule has 0 radical (unpaired) electrons.